The second kappa shape index (κ2) is 8.38. The Labute approximate surface area is 173 Å². The first kappa shape index (κ1) is 21.1. The van der Waals surface area contributed by atoms with Gasteiger partial charge in [0.15, 0.2) is 14.6 Å². The number of nitrogens with zero attached hydrogens (tertiary/aromatic N) is 2. The largest absolute Gasteiger partial charge is 0.497 e. The number of hydrogen-bond donors (Lipinski definition) is 0. The van der Waals surface area contributed by atoms with Gasteiger partial charge in [0.2, 0.25) is 0 Å². The third-order valence-electron chi connectivity index (χ3n) is 4.47. The second-order valence-corrected chi connectivity index (χ2v) is 9.30. The van der Waals surface area contributed by atoms with Crippen LogP contribution in [0.4, 0.5) is 0 Å². The Morgan fingerprint density at radius 2 is 1.79 bits per heavy atom. The molecule has 0 fully saturated rings. The molecule has 154 valence electrons. The monoisotopic (exact) mass is 434 g/mol. The molecule has 3 rings (SSSR count). The summed E-state index contributed by atoms with van der Waals surface area (Å²) < 4.78 is 38.4. The van der Waals surface area contributed by atoms with Gasteiger partial charge in [-0.05, 0) is 49.7 Å². The van der Waals surface area contributed by atoms with Crippen LogP contribution < -0.4 is 14.3 Å². The number of sulfone groups is 1. The van der Waals surface area contributed by atoms with Crippen molar-refractivity contribution < 1.29 is 22.7 Å². The van der Waals surface area contributed by atoms with Crippen molar-refractivity contribution in [2.24, 2.45) is 4.99 Å². The molecule has 0 bridgehead atoms. The second-order valence-electron chi connectivity index (χ2n) is 6.33. The van der Waals surface area contributed by atoms with E-state index in [1.165, 1.54) is 30.6 Å². The molecule has 9 heteroatoms. The van der Waals surface area contributed by atoms with E-state index in [0.717, 1.165) is 15.8 Å². The van der Waals surface area contributed by atoms with Crippen LogP contribution in [0.1, 0.15) is 12.5 Å². The molecule has 0 spiro atoms. The number of fused-ring (bicyclic) bond motifs is 1. The lowest BCUT2D eigenvalue weighted by Gasteiger charge is -2.07. The molecule has 1 amide bonds. The molecular weight excluding hydrogens is 412 g/mol. The van der Waals surface area contributed by atoms with Gasteiger partial charge >= 0.3 is 0 Å². The van der Waals surface area contributed by atoms with Crippen LogP contribution in [0.3, 0.4) is 0 Å². The summed E-state index contributed by atoms with van der Waals surface area (Å²) in [7, 11) is -0.718. The standard InChI is InChI=1S/C20H22N2O5S2/c1-5-22-18-16(27-4)11-6-13(2)19(18)28-20(22)21-17(23)12-29(24,25)15-9-7-14(26-3)8-10-15/h6-11H,5,12H2,1-4H3. The van der Waals surface area contributed by atoms with Crippen molar-refractivity contribution in [3.05, 3.63) is 46.8 Å². The predicted molar refractivity (Wildman–Crippen MR) is 112 cm³/mol. The van der Waals surface area contributed by atoms with Gasteiger partial charge in [0.25, 0.3) is 5.91 Å². The van der Waals surface area contributed by atoms with E-state index in [9.17, 15) is 13.2 Å². The SMILES string of the molecule is CCn1c(=NC(=O)CS(=O)(=O)c2ccc(OC)cc2)sc2c(C)ccc(OC)c21. The fraction of sp³-hybridized carbons (Fsp3) is 0.300. The normalized spacial score (nSPS) is 12.3. The highest BCUT2D eigenvalue weighted by Crippen LogP contribution is 2.30. The highest BCUT2D eigenvalue weighted by Gasteiger charge is 2.20. The topological polar surface area (TPSA) is 87.0 Å². The Morgan fingerprint density at radius 3 is 2.38 bits per heavy atom. The third kappa shape index (κ3) is 4.20. The lowest BCUT2D eigenvalue weighted by atomic mass is 10.2. The van der Waals surface area contributed by atoms with E-state index in [1.54, 1.807) is 19.2 Å². The molecule has 1 heterocycles. The van der Waals surface area contributed by atoms with Crippen molar-refractivity contribution in [1.82, 2.24) is 4.57 Å². The molecule has 0 atom stereocenters. The van der Waals surface area contributed by atoms with Crippen molar-refractivity contribution in [3.8, 4) is 11.5 Å². The summed E-state index contributed by atoms with van der Waals surface area (Å²) in [5, 5.41) is 0. The van der Waals surface area contributed by atoms with E-state index in [1.807, 2.05) is 30.5 Å². The molecule has 0 N–H and O–H groups in total. The molecule has 7 nitrogen and oxygen atoms in total. The van der Waals surface area contributed by atoms with Crippen molar-refractivity contribution >= 4 is 37.3 Å². The molecule has 1 aromatic heterocycles. The van der Waals surface area contributed by atoms with Crippen LogP contribution in [0.2, 0.25) is 0 Å². The number of rotatable bonds is 6. The number of ether oxygens (including phenoxy) is 2. The number of amides is 1. The van der Waals surface area contributed by atoms with Crippen LogP contribution in [0.5, 0.6) is 11.5 Å². The summed E-state index contributed by atoms with van der Waals surface area (Å²) in [6.45, 7) is 4.47. The molecule has 0 aliphatic heterocycles. The third-order valence-corrected chi connectivity index (χ3v) is 7.31. The average molecular weight is 435 g/mol. The molecule has 0 saturated heterocycles. The van der Waals surface area contributed by atoms with Crippen LogP contribution in [-0.2, 0) is 21.2 Å². The zero-order valence-corrected chi connectivity index (χ0v) is 18.3. The lowest BCUT2D eigenvalue weighted by Crippen LogP contribution is -2.20. The zero-order chi connectivity index (χ0) is 21.2. The minimum Gasteiger partial charge on any atom is -0.497 e. The first-order valence-corrected chi connectivity index (χ1v) is 11.4. The quantitative estimate of drug-likeness (QED) is 0.595. The Kier molecular flexibility index (Phi) is 6.09. The van der Waals surface area contributed by atoms with Crippen molar-refractivity contribution in [2.75, 3.05) is 20.0 Å². The van der Waals surface area contributed by atoms with Gasteiger partial charge in [-0.2, -0.15) is 4.99 Å². The van der Waals surface area contributed by atoms with E-state index in [0.29, 0.717) is 22.8 Å². The lowest BCUT2D eigenvalue weighted by molar-refractivity contribution is -0.115. The van der Waals surface area contributed by atoms with Gasteiger partial charge in [-0.15, -0.1) is 0 Å². The maximum Gasteiger partial charge on any atom is 0.263 e. The molecule has 0 aliphatic rings. The van der Waals surface area contributed by atoms with Gasteiger partial charge in [-0.1, -0.05) is 17.4 Å². The van der Waals surface area contributed by atoms with Crippen molar-refractivity contribution in [2.45, 2.75) is 25.3 Å². The molecule has 2 aromatic carbocycles. The van der Waals surface area contributed by atoms with E-state index < -0.39 is 21.5 Å². The predicted octanol–water partition coefficient (Wildman–Crippen LogP) is 2.95. The first-order valence-electron chi connectivity index (χ1n) is 8.92. The number of aryl methyl sites for hydroxylation is 2. The van der Waals surface area contributed by atoms with Gasteiger partial charge in [-0.3, -0.25) is 4.79 Å². The number of carbonyl (C=O) groups excluding carboxylic acids is 1. The van der Waals surface area contributed by atoms with E-state index in [4.69, 9.17) is 9.47 Å². The fourth-order valence-corrected chi connectivity index (χ4v) is 5.29. The number of aromatic nitrogens is 1. The van der Waals surface area contributed by atoms with Gasteiger partial charge in [-0.25, -0.2) is 8.42 Å². The number of hydrogen-bond acceptors (Lipinski definition) is 6. The Morgan fingerprint density at radius 1 is 1.10 bits per heavy atom. The molecule has 0 saturated carbocycles. The highest BCUT2D eigenvalue weighted by atomic mass is 32.2. The Bertz CT molecular complexity index is 1220. The summed E-state index contributed by atoms with van der Waals surface area (Å²) in [5.74, 6) is -0.193. The van der Waals surface area contributed by atoms with Crippen LogP contribution in [0.15, 0.2) is 46.3 Å². The zero-order valence-electron chi connectivity index (χ0n) is 16.6. The Hall–Kier alpha value is -2.65. The van der Waals surface area contributed by atoms with E-state index in [2.05, 4.69) is 4.99 Å². The summed E-state index contributed by atoms with van der Waals surface area (Å²) in [6, 6.07) is 9.73. The molecule has 0 aliphatic carbocycles. The molecule has 3 aromatic rings. The van der Waals surface area contributed by atoms with Gasteiger partial charge in [0.1, 0.15) is 22.8 Å². The van der Waals surface area contributed by atoms with Gasteiger partial charge < -0.3 is 14.0 Å². The maximum atomic E-state index is 12.6. The molecular formula is C20H22N2O5S2. The average Bonchev–Trinajstić information content (AvgIpc) is 3.06. The summed E-state index contributed by atoms with van der Waals surface area (Å²) in [5.41, 5.74) is 1.89. The van der Waals surface area contributed by atoms with Crippen LogP contribution in [0.25, 0.3) is 10.2 Å². The van der Waals surface area contributed by atoms with E-state index in [-0.39, 0.29) is 4.90 Å². The minimum absolute atomic E-state index is 0.0547. The number of thiazole rings is 1. The summed E-state index contributed by atoms with van der Waals surface area (Å²) in [4.78, 5) is 17.1. The van der Waals surface area contributed by atoms with Gasteiger partial charge in [0.05, 0.1) is 23.8 Å². The van der Waals surface area contributed by atoms with Crippen LogP contribution in [0, 0.1) is 6.92 Å². The number of methoxy groups -OCH3 is 2. The van der Waals surface area contributed by atoms with Crippen molar-refractivity contribution in [1.29, 1.82) is 0 Å². The maximum absolute atomic E-state index is 12.6. The molecule has 0 radical (unpaired) electrons. The Balaban J connectivity index is 2.00. The smallest absolute Gasteiger partial charge is 0.263 e. The highest BCUT2D eigenvalue weighted by molar-refractivity contribution is 7.92. The van der Waals surface area contributed by atoms with Crippen LogP contribution in [-0.4, -0.2) is 38.9 Å². The fourth-order valence-electron chi connectivity index (χ4n) is 2.99. The number of carbonyl (C=O) groups is 1. The van der Waals surface area contributed by atoms with Crippen molar-refractivity contribution in [3.63, 3.8) is 0 Å². The minimum atomic E-state index is -3.80. The van der Waals surface area contributed by atoms with E-state index >= 15 is 0 Å². The van der Waals surface area contributed by atoms with Gasteiger partial charge in [0, 0.05) is 6.54 Å². The van der Waals surface area contributed by atoms with Crippen LogP contribution >= 0.6 is 11.3 Å². The molecule has 29 heavy (non-hydrogen) atoms. The number of benzene rings is 2. The summed E-state index contributed by atoms with van der Waals surface area (Å²) in [6.07, 6.45) is 0. The molecule has 0 unspecified atom stereocenters. The summed E-state index contributed by atoms with van der Waals surface area (Å²) >= 11 is 1.34. The first-order chi connectivity index (χ1) is 13.8.